The fourth-order valence-corrected chi connectivity index (χ4v) is 4.62. The van der Waals surface area contributed by atoms with Gasteiger partial charge in [-0.15, -0.1) is 0 Å². The highest BCUT2D eigenvalue weighted by Gasteiger charge is 2.39. The van der Waals surface area contributed by atoms with Crippen molar-refractivity contribution in [2.24, 2.45) is 0 Å². The van der Waals surface area contributed by atoms with E-state index in [0.29, 0.717) is 18.3 Å². The van der Waals surface area contributed by atoms with E-state index in [9.17, 15) is 35.9 Å². The van der Waals surface area contributed by atoms with Gasteiger partial charge in [-0.3, -0.25) is 9.59 Å². The number of pyridine rings is 1. The second-order valence-corrected chi connectivity index (χ2v) is 9.28. The molecule has 1 fully saturated rings. The zero-order chi connectivity index (χ0) is 29.8. The Labute approximate surface area is 225 Å². The molecule has 4 heterocycles. The van der Waals surface area contributed by atoms with Gasteiger partial charge in [0, 0.05) is 23.7 Å². The Bertz CT molecular complexity index is 1710. The summed E-state index contributed by atoms with van der Waals surface area (Å²) in [7, 11) is 0. The number of nitrogens with one attached hydrogen (secondary N) is 1. The highest BCUT2D eigenvalue weighted by molar-refractivity contribution is 5.98. The molecule has 3 N–H and O–H groups in total. The number of fused-ring (bicyclic) bond motifs is 1. The second-order valence-electron chi connectivity index (χ2n) is 9.28. The summed E-state index contributed by atoms with van der Waals surface area (Å²) in [5.74, 6) is -5.67. The number of carbonyl (C=O) groups is 2. The quantitative estimate of drug-likeness (QED) is 0.355. The standard InChI is InChI=1S/C25H18F7N7O2/c1-10-2-15(27)13(19-5-14(25(30,31)32)21-22(33)35-9-36-39(19)21)4-12(10)23(40)37-18-8-38(7-17(18)29)24(41)20-16(28)3-11(26)6-34-20/h2-6,9,17-18H,7-8H2,1H3,(H,37,40)(H2,33,35,36)/t17-,18+/m0/s1. The van der Waals surface area contributed by atoms with Crippen molar-refractivity contribution in [2.45, 2.75) is 25.3 Å². The van der Waals surface area contributed by atoms with Gasteiger partial charge in [0.25, 0.3) is 11.8 Å². The number of nitrogens with zero attached hydrogens (tertiary/aromatic N) is 5. The van der Waals surface area contributed by atoms with Gasteiger partial charge in [0.05, 0.1) is 30.0 Å². The molecule has 4 aromatic rings. The Balaban J connectivity index is 1.44. The van der Waals surface area contributed by atoms with Crippen molar-refractivity contribution in [1.29, 1.82) is 0 Å². The van der Waals surface area contributed by atoms with E-state index in [1.165, 1.54) is 6.92 Å². The zero-order valence-corrected chi connectivity index (χ0v) is 20.8. The molecule has 0 spiro atoms. The lowest BCUT2D eigenvalue weighted by molar-refractivity contribution is -0.136. The first-order valence-electron chi connectivity index (χ1n) is 11.8. The average molecular weight is 581 g/mol. The molecule has 0 bridgehead atoms. The first kappa shape index (κ1) is 27.8. The summed E-state index contributed by atoms with van der Waals surface area (Å²) in [4.78, 5) is 33.6. The maximum atomic E-state index is 15.1. The van der Waals surface area contributed by atoms with Crippen LogP contribution in [0.4, 0.5) is 36.6 Å². The molecule has 41 heavy (non-hydrogen) atoms. The Morgan fingerprint density at radius 3 is 2.46 bits per heavy atom. The molecule has 1 aliphatic heterocycles. The van der Waals surface area contributed by atoms with Crippen LogP contribution < -0.4 is 11.1 Å². The van der Waals surface area contributed by atoms with Crippen LogP contribution in [0, 0.1) is 24.4 Å². The van der Waals surface area contributed by atoms with Gasteiger partial charge in [0.15, 0.2) is 17.3 Å². The topological polar surface area (TPSA) is 119 Å². The number of amides is 2. The SMILES string of the molecule is Cc1cc(F)c(-c2cc(C(F)(F)F)c3c(N)ncnn23)cc1C(=O)N[C@@H]1CN(C(=O)c2ncc(F)cc2F)C[C@@H]1F. The smallest absolute Gasteiger partial charge is 0.382 e. The van der Waals surface area contributed by atoms with Crippen LogP contribution >= 0.6 is 0 Å². The summed E-state index contributed by atoms with van der Waals surface area (Å²) in [6.07, 6.45) is -5.18. The lowest BCUT2D eigenvalue weighted by atomic mass is 10.0. The van der Waals surface area contributed by atoms with Crippen LogP contribution in [0.5, 0.6) is 0 Å². The van der Waals surface area contributed by atoms with Crippen molar-refractivity contribution in [1.82, 2.24) is 29.8 Å². The van der Waals surface area contributed by atoms with Crippen LogP contribution in [-0.4, -0.2) is 61.6 Å². The molecule has 3 aromatic heterocycles. The molecule has 0 unspecified atom stereocenters. The Morgan fingerprint density at radius 2 is 1.78 bits per heavy atom. The van der Waals surface area contributed by atoms with E-state index in [1.807, 2.05) is 0 Å². The van der Waals surface area contributed by atoms with Crippen molar-refractivity contribution in [2.75, 3.05) is 18.8 Å². The number of aromatic nitrogens is 4. The van der Waals surface area contributed by atoms with E-state index in [1.54, 1.807) is 0 Å². The molecular formula is C25H18F7N7O2. The van der Waals surface area contributed by atoms with Crippen LogP contribution in [0.2, 0.25) is 0 Å². The third-order valence-corrected chi connectivity index (χ3v) is 6.59. The van der Waals surface area contributed by atoms with Gasteiger partial charge in [-0.2, -0.15) is 18.3 Å². The largest absolute Gasteiger partial charge is 0.418 e. The molecule has 2 atom stereocenters. The lowest BCUT2D eigenvalue weighted by Crippen LogP contribution is -2.42. The third kappa shape index (κ3) is 5.00. The Hall–Kier alpha value is -4.76. The number of aryl methyl sites for hydroxylation is 1. The number of nitrogens with two attached hydrogens (primary N) is 1. The predicted molar refractivity (Wildman–Crippen MR) is 129 cm³/mol. The van der Waals surface area contributed by atoms with Crippen LogP contribution in [-0.2, 0) is 6.18 Å². The first-order valence-corrected chi connectivity index (χ1v) is 11.8. The minimum atomic E-state index is -4.89. The van der Waals surface area contributed by atoms with Crippen LogP contribution in [0.25, 0.3) is 16.8 Å². The average Bonchev–Trinajstić information content (AvgIpc) is 3.45. The highest BCUT2D eigenvalue weighted by Crippen LogP contribution is 2.39. The highest BCUT2D eigenvalue weighted by atomic mass is 19.4. The van der Waals surface area contributed by atoms with Crippen LogP contribution in [0.3, 0.4) is 0 Å². The minimum absolute atomic E-state index is 0.0775. The monoisotopic (exact) mass is 581 g/mol. The van der Waals surface area contributed by atoms with Crippen LogP contribution in [0.1, 0.15) is 32.0 Å². The van der Waals surface area contributed by atoms with E-state index in [2.05, 4.69) is 20.4 Å². The van der Waals surface area contributed by atoms with Crippen molar-refractivity contribution in [3.05, 3.63) is 76.6 Å². The van der Waals surface area contributed by atoms with Gasteiger partial charge in [0.1, 0.15) is 29.7 Å². The maximum absolute atomic E-state index is 15.1. The van der Waals surface area contributed by atoms with E-state index in [0.717, 1.165) is 27.9 Å². The molecule has 9 nitrogen and oxygen atoms in total. The van der Waals surface area contributed by atoms with Crippen molar-refractivity contribution < 1.29 is 40.3 Å². The molecule has 1 saturated heterocycles. The number of alkyl halides is 4. The molecule has 0 aliphatic carbocycles. The van der Waals surface area contributed by atoms with Gasteiger partial charge >= 0.3 is 6.18 Å². The van der Waals surface area contributed by atoms with Crippen molar-refractivity contribution in [3.63, 3.8) is 0 Å². The number of benzene rings is 1. The Kier molecular flexibility index (Phi) is 6.79. The molecule has 1 aliphatic rings. The van der Waals surface area contributed by atoms with E-state index in [4.69, 9.17) is 5.73 Å². The van der Waals surface area contributed by atoms with Gasteiger partial charge in [0.2, 0.25) is 0 Å². The van der Waals surface area contributed by atoms with Gasteiger partial charge in [-0.1, -0.05) is 0 Å². The van der Waals surface area contributed by atoms with Gasteiger partial charge < -0.3 is 16.0 Å². The molecular weight excluding hydrogens is 563 g/mol. The van der Waals surface area contributed by atoms with E-state index in [-0.39, 0.29) is 16.8 Å². The molecule has 16 heteroatoms. The summed E-state index contributed by atoms with van der Waals surface area (Å²) >= 11 is 0. The summed E-state index contributed by atoms with van der Waals surface area (Å²) < 4.78 is 98.9. The number of nitrogen functional groups attached to an aromatic ring is 1. The summed E-state index contributed by atoms with van der Waals surface area (Å²) in [6.45, 7) is 0.430. The van der Waals surface area contributed by atoms with Gasteiger partial charge in [-0.25, -0.2) is 32.0 Å². The second kappa shape index (κ2) is 10.0. The van der Waals surface area contributed by atoms with Crippen molar-refractivity contribution in [3.8, 4) is 11.3 Å². The number of carbonyl (C=O) groups excluding carboxylic acids is 2. The maximum Gasteiger partial charge on any atom is 0.418 e. The third-order valence-electron chi connectivity index (χ3n) is 6.59. The number of hydrogen-bond donors (Lipinski definition) is 2. The molecule has 0 radical (unpaired) electrons. The predicted octanol–water partition coefficient (Wildman–Crippen LogP) is 3.71. The fourth-order valence-electron chi connectivity index (χ4n) is 4.62. The minimum Gasteiger partial charge on any atom is -0.382 e. The molecule has 0 saturated carbocycles. The number of hydrogen-bond acceptors (Lipinski definition) is 6. The summed E-state index contributed by atoms with van der Waals surface area (Å²) in [5.41, 5.74) is 2.16. The lowest BCUT2D eigenvalue weighted by Gasteiger charge is -2.17. The summed E-state index contributed by atoms with van der Waals surface area (Å²) in [6, 6.07) is 1.70. The number of likely N-dealkylation sites (tertiary alicyclic amines) is 1. The number of anilines is 1. The molecule has 5 rings (SSSR count). The fraction of sp³-hybridized carbons (Fsp3) is 0.240. The summed E-state index contributed by atoms with van der Waals surface area (Å²) in [5, 5.41) is 6.15. The molecule has 2 amide bonds. The van der Waals surface area contributed by atoms with E-state index < -0.39 is 88.9 Å². The van der Waals surface area contributed by atoms with Gasteiger partial charge in [-0.05, 0) is 30.7 Å². The number of halogens is 7. The Morgan fingerprint density at radius 1 is 1.05 bits per heavy atom. The normalized spacial score (nSPS) is 17.3. The zero-order valence-electron chi connectivity index (χ0n) is 20.8. The van der Waals surface area contributed by atoms with E-state index >= 15 is 4.39 Å². The molecule has 1 aromatic carbocycles. The first-order chi connectivity index (χ1) is 19.3. The van der Waals surface area contributed by atoms with Crippen molar-refractivity contribution >= 4 is 23.1 Å². The number of rotatable bonds is 4. The van der Waals surface area contributed by atoms with Crippen LogP contribution in [0.15, 0.2) is 36.8 Å². The molecule has 214 valence electrons.